The third-order valence-corrected chi connectivity index (χ3v) is 17.9. The lowest BCUT2D eigenvalue weighted by molar-refractivity contribution is -0.117. The van der Waals surface area contributed by atoms with E-state index in [4.69, 9.17) is 43.6 Å². The Morgan fingerprint density at radius 3 is 1.02 bits per heavy atom. The van der Waals surface area contributed by atoms with E-state index in [1.807, 2.05) is 103 Å². The highest BCUT2D eigenvalue weighted by atomic mass is 80.0. The number of phenols is 2. The van der Waals surface area contributed by atoms with Crippen LogP contribution in [0.25, 0.3) is 0 Å². The third-order valence-electron chi connectivity index (χ3n) is 16.5. The third kappa shape index (κ3) is 33.6. The van der Waals surface area contributed by atoms with Gasteiger partial charge in [0.15, 0.2) is 23.0 Å². The number of ether oxygens (including phenoxy) is 8. The molecule has 32 heteroatoms. The van der Waals surface area contributed by atoms with Gasteiger partial charge in [-0.05, 0) is 227 Å². The molecule has 0 unspecified atom stereocenters. The van der Waals surface area contributed by atoms with Gasteiger partial charge in [-0.2, -0.15) is 0 Å². The summed E-state index contributed by atoms with van der Waals surface area (Å²) in [5.41, 5.74) is 19.8. The van der Waals surface area contributed by atoms with E-state index in [9.17, 15) is 47.0 Å². The van der Waals surface area contributed by atoms with E-state index in [0.717, 1.165) is 32.6 Å². The highest BCUT2D eigenvalue weighted by Crippen LogP contribution is 2.59. The zero-order valence-electron chi connectivity index (χ0n) is 67.4. The molecule has 0 atom stereocenters. The number of carbonyl (C=O) groups excluding carboxylic acids is 4. The number of benzene rings is 12. The van der Waals surface area contributed by atoms with Crippen molar-refractivity contribution >= 4 is 134 Å². The maximum Gasteiger partial charge on any atom is 0.224 e. The van der Waals surface area contributed by atoms with Crippen LogP contribution in [0.1, 0.15) is 49.9 Å². The molecule has 12 aromatic rings. The van der Waals surface area contributed by atoms with Crippen molar-refractivity contribution in [3.8, 4) is 80.5 Å². The average Bonchev–Trinajstić information content (AvgIpc) is 0.926. The Morgan fingerprint density at radius 2 is 0.672 bits per heavy atom. The van der Waals surface area contributed by atoms with Crippen molar-refractivity contribution in [3.05, 3.63) is 317 Å². The van der Waals surface area contributed by atoms with Crippen molar-refractivity contribution in [3.63, 3.8) is 0 Å². The summed E-state index contributed by atoms with van der Waals surface area (Å²) in [6.45, 7) is 6.48. The van der Waals surface area contributed by atoms with Gasteiger partial charge in [0, 0.05) is 85.2 Å². The van der Waals surface area contributed by atoms with Crippen LogP contribution in [0.5, 0.6) is 80.5 Å². The number of nitrogens with two attached hydrogens (primary N) is 3. The summed E-state index contributed by atoms with van der Waals surface area (Å²) in [5.74, 6) is 3.79. The van der Waals surface area contributed by atoms with E-state index in [1.54, 1.807) is 106 Å². The topological polar surface area (TPSA) is 294 Å². The first-order valence-electron chi connectivity index (χ1n) is 36.6. The standard InChI is InChI=1S/C23H24FN3O3.C22H19BrFNO3.C22H20FNO4.C14H12FNO2.C8H9BrO2.CH6N2.Br3P/c1-16(28)27(14-17-12-20(29-2)9-10-21(17)26-15-25)22-13-18(24)8-11-23(22)30-19-6-4-3-5-7-19;1-15(26)25(14-16-12-19(27-2)9-10-20(16)23)21-13-17(24)8-11-22(21)28-18-6-4-3-5-7-18;1-15(25)24(14-16-12-19(27-2)9-10-21(16)26)20-13-17(23)8-11-22(20)28-18-6-4-3-5-7-18;1-10(17)16-13-9-11(15)7-8-14(13)18-12-5-3-2-4-6-12;1-11-7-2-3-8(10)6(4-7)5-9;2-1-3;1-4(2)3/h3-13,26H,14-15,25H2,1-2H3;3-13H,14H2,1-2H3;3-13,26H,14H2,1-2H3;2-9H,1H3,(H,16,17);2-4,10H,5H2,1H3;1-3H2;. The molecular weight excluding hydrogens is 1920 g/mol. The zero-order valence-corrected chi connectivity index (χ0v) is 76.2. The van der Waals surface area contributed by atoms with E-state index >= 15 is 0 Å². The Morgan fingerprint density at radius 1 is 0.377 bits per heavy atom. The largest absolute Gasteiger partial charge is 0.508 e. The van der Waals surface area contributed by atoms with Gasteiger partial charge in [-0.3, -0.25) is 19.2 Å². The Kier molecular flexibility index (Phi) is 43.1. The minimum absolute atomic E-state index is 0.00832. The SMILES string of the molecule is BrP(Br)Br.CC(=O)Nc1cc(F)ccc1Oc1ccccc1.COc1ccc(Br)c(CN(C(C)=O)c2cc(F)ccc2Oc2ccccc2)c1.COc1ccc(NCN)c(CN(C(C)=O)c2cc(F)ccc2Oc2ccccc2)c1.COc1ccc(O)c(CBr)c1.COc1ccc(O)c(CN(C(C)=O)c2cc(F)ccc2Oc2ccccc2)c1.NCN. The summed E-state index contributed by atoms with van der Waals surface area (Å²) in [5, 5.41) is 25.6. The second kappa shape index (κ2) is 52.8. The van der Waals surface area contributed by atoms with E-state index in [0.29, 0.717) is 96.9 Å². The highest BCUT2D eigenvalue weighted by Gasteiger charge is 2.25. The molecule has 0 aliphatic heterocycles. The Labute approximate surface area is 748 Å². The molecule has 0 saturated carbocycles. The van der Waals surface area contributed by atoms with Gasteiger partial charge in [-0.25, -0.2) is 17.6 Å². The molecule has 22 nitrogen and oxygen atoms in total. The van der Waals surface area contributed by atoms with Crippen LogP contribution in [-0.4, -0.2) is 75.6 Å². The first-order valence-corrected chi connectivity index (χ1v) is 46.0. The molecular formula is C90H90Br5F4N8O14P. The van der Waals surface area contributed by atoms with Gasteiger partial charge < -0.3 is 90.6 Å². The van der Waals surface area contributed by atoms with Gasteiger partial charge in [0.05, 0.1) is 77.5 Å². The molecule has 12 rings (SSSR count). The van der Waals surface area contributed by atoms with E-state index in [2.05, 4.69) is 100 Å². The molecule has 0 aromatic heterocycles. The Bertz CT molecular complexity index is 5150. The summed E-state index contributed by atoms with van der Waals surface area (Å²) in [4.78, 5) is 52.7. The molecule has 4 amide bonds. The Hall–Kier alpha value is -11.3. The molecule has 0 heterocycles. The van der Waals surface area contributed by atoms with Crippen molar-refractivity contribution in [2.75, 3.05) is 67.1 Å². The molecule has 12 aromatic carbocycles. The normalized spacial score (nSPS) is 10.1. The number of amides is 4. The van der Waals surface area contributed by atoms with E-state index < -0.39 is 23.3 Å². The summed E-state index contributed by atoms with van der Waals surface area (Å²) >= 11 is 16.3. The lowest BCUT2D eigenvalue weighted by atomic mass is 10.1. The first-order chi connectivity index (χ1) is 58.5. The van der Waals surface area contributed by atoms with Crippen molar-refractivity contribution in [1.82, 2.24) is 0 Å². The van der Waals surface area contributed by atoms with Gasteiger partial charge in [0.25, 0.3) is 0 Å². The van der Waals surface area contributed by atoms with Gasteiger partial charge >= 0.3 is 0 Å². The van der Waals surface area contributed by atoms with Crippen LogP contribution < -0.4 is 80.4 Å². The number of halogens is 9. The number of nitrogens with zero attached hydrogens (tertiary/aromatic N) is 3. The first kappa shape index (κ1) is 99.6. The van der Waals surface area contributed by atoms with E-state index in [-0.39, 0.29) is 72.1 Å². The average molecular weight is 2010 g/mol. The summed E-state index contributed by atoms with van der Waals surface area (Å²) in [6, 6.07) is 73.3. The predicted molar refractivity (Wildman–Crippen MR) is 492 cm³/mol. The van der Waals surface area contributed by atoms with Crippen LogP contribution in [0.2, 0.25) is 0 Å². The molecule has 122 heavy (non-hydrogen) atoms. The molecule has 0 bridgehead atoms. The monoisotopic (exact) mass is 2010 g/mol. The minimum atomic E-state index is -0.503. The van der Waals surface area contributed by atoms with E-state index in [1.165, 1.54) is 128 Å². The number of methoxy groups -OCH3 is 4. The lowest BCUT2D eigenvalue weighted by Crippen LogP contribution is -2.29. The zero-order chi connectivity index (χ0) is 89.2. The summed E-state index contributed by atoms with van der Waals surface area (Å²) in [7, 11) is 6.26. The van der Waals surface area contributed by atoms with Crippen molar-refractivity contribution in [1.29, 1.82) is 0 Å². The fourth-order valence-corrected chi connectivity index (χ4v) is 11.7. The molecule has 642 valence electrons. The van der Waals surface area contributed by atoms with Crippen LogP contribution >= 0.6 is 82.4 Å². The quantitative estimate of drug-likeness (QED) is 0.0121. The fourth-order valence-electron chi connectivity index (χ4n) is 10.8. The van der Waals surface area contributed by atoms with Crippen LogP contribution in [0.15, 0.2) is 271 Å². The number of hydrogen-bond acceptors (Lipinski definition) is 18. The van der Waals surface area contributed by atoms with Crippen molar-refractivity contribution in [2.24, 2.45) is 17.2 Å². The number of alkyl halides is 1. The number of hydrogen-bond donors (Lipinski definition) is 7. The van der Waals surface area contributed by atoms with Gasteiger partial charge in [0.2, 0.25) is 23.6 Å². The van der Waals surface area contributed by atoms with Crippen LogP contribution in [0.3, 0.4) is 0 Å². The number of rotatable bonds is 25. The molecule has 10 N–H and O–H groups in total. The summed E-state index contributed by atoms with van der Waals surface area (Å²) < 4.78 is 99.9. The van der Waals surface area contributed by atoms with Gasteiger partial charge in [0.1, 0.15) is 84.8 Å². The number of nitrogens with one attached hydrogen (secondary N) is 2. The van der Waals surface area contributed by atoms with Gasteiger partial charge in [-0.15, -0.1) is 0 Å². The fraction of sp³-hybridized carbons (Fsp3) is 0.156. The number of phenolic OH excluding ortho intramolecular Hbond substituents is 2. The molecule has 0 saturated heterocycles. The molecule has 0 aliphatic carbocycles. The van der Waals surface area contributed by atoms with Gasteiger partial charge in [-0.1, -0.05) is 105 Å². The molecule has 0 spiro atoms. The minimum Gasteiger partial charge on any atom is -0.508 e. The lowest BCUT2D eigenvalue weighted by Gasteiger charge is -2.25. The van der Waals surface area contributed by atoms with Crippen molar-refractivity contribution < 1.29 is 84.8 Å². The maximum absolute atomic E-state index is 14.1. The second-order valence-corrected chi connectivity index (χ2v) is 41.8. The van der Waals surface area contributed by atoms with Crippen LogP contribution in [-0.2, 0) is 44.1 Å². The molecule has 0 radical (unpaired) electrons. The second-order valence-electron chi connectivity index (χ2n) is 25.0. The maximum atomic E-state index is 14.1. The smallest absolute Gasteiger partial charge is 0.224 e. The highest BCUT2D eigenvalue weighted by molar-refractivity contribution is 9.93. The van der Waals surface area contributed by atoms with Crippen LogP contribution in [0.4, 0.5) is 46.0 Å². The predicted octanol–water partition coefficient (Wildman–Crippen LogP) is 23.5. The van der Waals surface area contributed by atoms with Crippen LogP contribution in [0, 0.1) is 23.3 Å². The Balaban J connectivity index is 0.000000238. The number of anilines is 5. The molecule has 0 aliphatic rings. The number of carbonyl (C=O) groups is 4. The summed E-state index contributed by atoms with van der Waals surface area (Å²) in [6.07, 6.45) is 0. The number of para-hydroxylation sites is 4. The molecule has 0 fully saturated rings. The van der Waals surface area contributed by atoms with Crippen molar-refractivity contribution in [2.45, 2.75) is 52.7 Å². The number of aromatic hydroxyl groups is 2.